The van der Waals surface area contributed by atoms with Gasteiger partial charge < -0.3 is 20.1 Å². The van der Waals surface area contributed by atoms with Crippen molar-refractivity contribution < 1.29 is 14.6 Å². The van der Waals surface area contributed by atoms with Gasteiger partial charge in [-0.05, 0) is 18.9 Å². The Morgan fingerprint density at radius 1 is 1.35 bits per heavy atom. The predicted molar refractivity (Wildman–Crippen MR) is 74.6 cm³/mol. The van der Waals surface area contributed by atoms with Crippen molar-refractivity contribution in [2.75, 3.05) is 19.8 Å². The van der Waals surface area contributed by atoms with Crippen molar-refractivity contribution >= 4 is 6.03 Å². The molecule has 2 amide bonds. The van der Waals surface area contributed by atoms with Gasteiger partial charge in [-0.25, -0.2) is 4.79 Å². The molecular weight excluding hydrogens is 256 g/mol. The molecule has 1 aromatic carbocycles. The maximum atomic E-state index is 12.4. The van der Waals surface area contributed by atoms with Crippen LogP contribution in [0.5, 0.6) is 5.75 Å². The van der Waals surface area contributed by atoms with Gasteiger partial charge in [-0.3, -0.25) is 0 Å². The summed E-state index contributed by atoms with van der Waals surface area (Å²) in [6.45, 7) is 1.03. The molecule has 0 bridgehead atoms. The standard InChI is InChI=1S/C15H20N2O3/c18-9-8-17(11-5-6-11)15(19)16-13-7-10-20-14-4-2-1-3-12(13)14/h1-4,11,13,18H,5-10H2,(H,16,19). The number of nitrogens with one attached hydrogen (secondary N) is 1. The molecule has 1 unspecified atom stereocenters. The van der Waals surface area contributed by atoms with Crippen molar-refractivity contribution in [1.82, 2.24) is 10.2 Å². The van der Waals surface area contributed by atoms with Crippen LogP contribution in [0.25, 0.3) is 0 Å². The van der Waals surface area contributed by atoms with Gasteiger partial charge in [0.05, 0.1) is 19.3 Å². The van der Waals surface area contributed by atoms with Gasteiger partial charge in [0.25, 0.3) is 0 Å². The molecule has 5 nitrogen and oxygen atoms in total. The second-order valence-electron chi connectivity index (χ2n) is 5.33. The van der Waals surface area contributed by atoms with Crippen LogP contribution in [0.2, 0.25) is 0 Å². The minimum Gasteiger partial charge on any atom is -0.493 e. The topological polar surface area (TPSA) is 61.8 Å². The smallest absolute Gasteiger partial charge is 0.318 e. The minimum atomic E-state index is -0.0803. The van der Waals surface area contributed by atoms with E-state index in [1.165, 1.54) is 0 Å². The number of rotatable bonds is 4. The summed E-state index contributed by atoms with van der Waals surface area (Å²) in [5.41, 5.74) is 1.03. The van der Waals surface area contributed by atoms with Crippen molar-refractivity contribution in [3.63, 3.8) is 0 Å². The Morgan fingerprint density at radius 3 is 2.90 bits per heavy atom. The fourth-order valence-corrected chi connectivity index (χ4v) is 2.67. The Labute approximate surface area is 118 Å². The number of hydrogen-bond donors (Lipinski definition) is 2. The number of benzene rings is 1. The maximum Gasteiger partial charge on any atom is 0.318 e. The number of nitrogens with zero attached hydrogens (tertiary/aromatic N) is 1. The van der Waals surface area contributed by atoms with Crippen molar-refractivity contribution in [2.45, 2.75) is 31.3 Å². The summed E-state index contributed by atoms with van der Waals surface area (Å²) in [5, 5.41) is 12.2. The molecule has 1 aliphatic carbocycles. The van der Waals surface area contributed by atoms with E-state index >= 15 is 0 Å². The van der Waals surface area contributed by atoms with E-state index in [9.17, 15) is 4.79 Å². The molecule has 0 aromatic heterocycles. The van der Waals surface area contributed by atoms with Crippen molar-refractivity contribution in [2.24, 2.45) is 0 Å². The molecule has 0 saturated heterocycles. The molecule has 0 spiro atoms. The SMILES string of the molecule is O=C(NC1CCOc2ccccc21)N(CCO)C1CC1. The molecule has 1 heterocycles. The lowest BCUT2D eigenvalue weighted by Crippen LogP contribution is -2.45. The van der Waals surface area contributed by atoms with Crippen LogP contribution in [-0.4, -0.2) is 41.8 Å². The van der Waals surface area contributed by atoms with Gasteiger partial charge in [0, 0.05) is 24.6 Å². The fraction of sp³-hybridized carbons (Fsp3) is 0.533. The van der Waals surface area contributed by atoms with Crippen LogP contribution in [0.4, 0.5) is 4.79 Å². The van der Waals surface area contributed by atoms with Crippen LogP contribution in [-0.2, 0) is 0 Å². The highest BCUT2D eigenvalue weighted by Gasteiger charge is 2.33. The molecule has 1 atom stereocenters. The third-order valence-corrected chi connectivity index (χ3v) is 3.85. The summed E-state index contributed by atoms with van der Waals surface area (Å²) in [4.78, 5) is 14.1. The van der Waals surface area contributed by atoms with Crippen LogP contribution in [0, 0.1) is 0 Å². The van der Waals surface area contributed by atoms with E-state index < -0.39 is 0 Å². The molecule has 1 fully saturated rings. The summed E-state index contributed by atoms with van der Waals surface area (Å²) in [6, 6.07) is 8.03. The van der Waals surface area contributed by atoms with Gasteiger partial charge in [-0.2, -0.15) is 0 Å². The molecule has 2 N–H and O–H groups in total. The van der Waals surface area contributed by atoms with E-state index in [1.54, 1.807) is 4.90 Å². The number of fused-ring (bicyclic) bond motifs is 1. The number of carbonyl (C=O) groups is 1. The number of urea groups is 1. The molecule has 3 rings (SSSR count). The van der Waals surface area contributed by atoms with E-state index in [0.29, 0.717) is 19.2 Å². The lowest BCUT2D eigenvalue weighted by atomic mass is 10.0. The van der Waals surface area contributed by atoms with Crippen LogP contribution in [0.1, 0.15) is 30.9 Å². The Kier molecular flexibility index (Phi) is 3.78. The second-order valence-corrected chi connectivity index (χ2v) is 5.33. The maximum absolute atomic E-state index is 12.4. The van der Waals surface area contributed by atoms with Crippen LogP contribution in [0.3, 0.4) is 0 Å². The molecule has 108 valence electrons. The molecule has 5 heteroatoms. The van der Waals surface area contributed by atoms with Gasteiger partial charge in [0.1, 0.15) is 5.75 Å². The zero-order valence-electron chi connectivity index (χ0n) is 11.4. The van der Waals surface area contributed by atoms with E-state index in [4.69, 9.17) is 9.84 Å². The van der Waals surface area contributed by atoms with Gasteiger partial charge in [0.15, 0.2) is 0 Å². The summed E-state index contributed by atoms with van der Waals surface area (Å²) in [5.74, 6) is 0.851. The highest BCUT2D eigenvalue weighted by molar-refractivity contribution is 5.75. The first-order chi connectivity index (χ1) is 9.79. The largest absolute Gasteiger partial charge is 0.493 e. The third-order valence-electron chi connectivity index (χ3n) is 3.85. The first-order valence-corrected chi connectivity index (χ1v) is 7.19. The van der Waals surface area contributed by atoms with E-state index in [2.05, 4.69) is 5.32 Å². The predicted octanol–water partition coefficient (Wildman–Crippen LogP) is 1.68. The quantitative estimate of drug-likeness (QED) is 0.879. The number of aliphatic hydroxyl groups excluding tert-OH is 1. The highest BCUT2D eigenvalue weighted by Crippen LogP contribution is 2.32. The lowest BCUT2D eigenvalue weighted by molar-refractivity contribution is 0.166. The van der Waals surface area contributed by atoms with E-state index in [1.807, 2.05) is 24.3 Å². The summed E-state index contributed by atoms with van der Waals surface area (Å²) < 4.78 is 5.60. The first-order valence-electron chi connectivity index (χ1n) is 7.19. The van der Waals surface area contributed by atoms with Gasteiger partial charge in [-0.1, -0.05) is 18.2 Å². The molecule has 20 heavy (non-hydrogen) atoms. The number of para-hydroxylation sites is 1. The van der Waals surface area contributed by atoms with Crippen molar-refractivity contribution in [1.29, 1.82) is 0 Å². The molecule has 0 radical (unpaired) electrons. The van der Waals surface area contributed by atoms with E-state index in [0.717, 1.165) is 30.6 Å². The normalized spacial score (nSPS) is 20.8. The Morgan fingerprint density at radius 2 is 2.15 bits per heavy atom. The second kappa shape index (κ2) is 5.71. The van der Waals surface area contributed by atoms with Crippen LogP contribution < -0.4 is 10.1 Å². The number of ether oxygens (including phenoxy) is 1. The Balaban J connectivity index is 1.70. The van der Waals surface area contributed by atoms with Gasteiger partial charge >= 0.3 is 6.03 Å². The average Bonchev–Trinajstić information content (AvgIpc) is 3.29. The Hall–Kier alpha value is -1.75. The van der Waals surface area contributed by atoms with Crippen LogP contribution in [0.15, 0.2) is 24.3 Å². The summed E-state index contributed by atoms with van der Waals surface area (Å²) in [6.07, 6.45) is 2.86. The van der Waals surface area contributed by atoms with Crippen molar-refractivity contribution in [3.8, 4) is 5.75 Å². The minimum absolute atomic E-state index is 0.00704. The highest BCUT2D eigenvalue weighted by atomic mass is 16.5. The molecule has 1 aliphatic heterocycles. The Bertz CT molecular complexity index is 488. The first kappa shape index (κ1) is 13.2. The molecule has 2 aliphatic rings. The number of hydrogen-bond acceptors (Lipinski definition) is 3. The number of amides is 2. The zero-order valence-corrected chi connectivity index (χ0v) is 11.4. The zero-order chi connectivity index (χ0) is 13.9. The summed E-state index contributed by atoms with van der Waals surface area (Å²) >= 11 is 0. The molecular formula is C15H20N2O3. The lowest BCUT2D eigenvalue weighted by Gasteiger charge is -2.30. The number of aliphatic hydroxyl groups is 1. The van der Waals surface area contributed by atoms with E-state index in [-0.39, 0.29) is 18.7 Å². The fourth-order valence-electron chi connectivity index (χ4n) is 2.67. The molecule has 1 saturated carbocycles. The summed E-state index contributed by atoms with van der Waals surface area (Å²) in [7, 11) is 0. The van der Waals surface area contributed by atoms with Crippen LogP contribution >= 0.6 is 0 Å². The third kappa shape index (κ3) is 2.72. The van der Waals surface area contributed by atoms with Crippen molar-refractivity contribution in [3.05, 3.63) is 29.8 Å². The molecule has 1 aromatic rings. The van der Waals surface area contributed by atoms with Gasteiger partial charge in [-0.15, -0.1) is 0 Å². The van der Waals surface area contributed by atoms with Gasteiger partial charge in [0.2, 0.25) is 0 Å². The average molecular weight is 276 g/mol. The monoisotopic (exact) mass is 276 g/mol. The number of carbonyl (C=O) groups excluding carboxylic acids is 1.